The van der Waals surface area contributed by atoms with Crippen LogP contribution in [0.25, 0.3) is 0 Å². The molecule has 0 spiro atoms. The topological polar surface area (TPSA) is 24.5 Å². The van der Waals surface area contributed by atoms with Gasteiger partial charge in [0.2, 0.25) is 0 Å². The monoisotopic (exact) mass is 550 g/mol. The van der Waals surface area contributed by atoms with E-state index in [-0.39, 0.29) is 13.0 Å². The Hall–Kier alpha value is -3.04. The van der Waals surface area contributed by atoms with Crippen molar-refractivity contribution in [1.29, 1.82) is 0 Å². The molecule has 0 saturated carbocycles. The number of methoxy groups -OCH3 is 1. The van der Waals surface area contributed by atoms with Crippen LogP contribution in [0.4, 0.5) is 26.3 Å². The number of benzene rings is 3. The average Bonchev–Trinajstić information content (AvgIpc) is 2.91. The molecule has 0 radical (unpaired) electrons. The highest BCUT2D eigenvalue weighted by Crippen LogP contribution is 2.48. The standard InChI is InChI=1S/C30H32F6N2O/c1-39-28-15-9-8-14-23(28)27(18-37-17-22-12-6-3-7-13-22)38-19-25(29(31,32)33)24(26(20-38)30(34,35)36)16-21-10-4-2-5-11-21/h2-15,24-27,37H,16-20H2,1H3. The summed E-state index contributed by atoms with van der Waals surface area (Å²) in [6.07, 6.45) is -9.90. The first-order valence-electron chi connectivity index (χ1n) is 12.9. The minimum absolute atomic E-state index is 0.147. The Morgan fingerprint density at radius 2 is 1.28 bits per heavy atom. The van der Waals surface area contributed by atoms with Gasteiger partial charge < -0.3 is 10.1 Å². The van der Waals surface area contributed by atoms with Gasteiger partial charge in [-0.3, -0.25) is 4.90 Å². The molecule has 210 valence electrons. The molecular formula is C30H32F6N2O. The van der Waals surface area contributed by atoms with E-state index in [1.165, 1.54) is 12.0 Å². The summed E-state index contributed by atoms with van der Waals surface area (Å²) in [5.74, 6) is -5.50. The van der Waals surface area contributed by atoms with Crippen molar-refractivity contribution in [1.82, 2.24) is 10.2 Å². The molecule has 1 aliphatic rings. The summed E-state index contributed by atoms with van der Waals surface area (Å²) < 4.78 is 92.3. The van der Waals surface area contributed by atoms with E-state index in [9.17, 15) is 26.3 Å². The Kier molecular flexibility index (Phi) is 9.23. The number of rotatable bonds is 9. The summed E-state index contributed by atoms with van der Waals surface area (Å²) in [5, 5.41) is 3.25. The van der Waals surface area contributed by atoms with Gasteiger partial charge in [-0.25, -0.2) is 0 Å². The summed E-state index contributed by atoms with van der Waals surface area (Å²) in [7, 11) is 1.44. The van der Waals surface area contributed by atoms with Gasteiger partial charge in [-0.1, -0.05) is 78.9 Å². The highest BCUT2D eigenvalue weighted by atomic mass is 19.4. The van der Waals surface area contributed by atoms with E-state index in [1.807, 2.05) is 30.3 Å². The number of ether oxygens (including phenoxy) is 1. The summed E-state index contributed by atoms with van der Waals surface area (Å²) in [5.41, 5.74) is 1.97. The predicted molar refractivity (Wildman–Crippen MR) is 138 cm³/mol. The Morgan fingerprint density at radius 1 is 0.769 bits per heavy atom. The molecule has 1 saturated heterocycles. The van der Waals surface area contributed by atoms with Crippen molar-refractivity contribution in [2.24, 2.45) is 17.8 Å². The maximum atomic E-state index is 14.5. The molecule has 3 atom stereocenters. The number of halogens is 6. The van der Waals surface area contributed by atoms with Crippen molar-refractivity contribution in [2.75, 3.05) is 26.7 Å². The van der Waals surface area contributed by atoms with E-state index in [0.717, 1.165) is 5.56 Å². The van der Waals surface area contributed by atoms with Gasteiger partial charge in [0, 0.05) is 31.7 Å². The second-order valence-corrected chi connectivity index (χ2v) is 9.98. The molecule has 1 heterocycles. The van der Waals surface area contributed by atoms with Crippen LogP contribution in [0, 0.1) is 17.8 Å². The normalized spacial score (nSPS) is 21.5. The lowest BCUT2D eigenvalue weighted by atomic mass is 9.73. The van der Waals surface area contributed by atoms with Crippen molar-refractivity contribution in [3.63, 3.8) is 0 Å². The van der Waals surface area contributed by atoms with Gasteiger partial charge in [0.25, 0.3) is 0 Å². The lowest BCUT2D eigenvalue weighted by Crippen LogP contribution is -2.57. The zero-order chi connectivity index (χ0) is 28.0. The predicted octanol–water partition coefficient (Wildman–Crippen LogP) is 7.06. The van der Waals surface area contributed by atoms with Crippen molar-refractivity contribution in [3.8, 4) is 5.75 Å². The molecule has 3 nitrogen and oxygen atoms in total. The average molecular weight is 551 g/mol. The van der Waals surface area contributed by atoms with Crippen molar-refractivity contribution in [2.45, 2.75) is 31.4 Å². The van der Waals surface area contributed by atoms with Gasteiger partial charge in [-0.2, -0.15) is 26.3 Å². The number of piperidine rings is 1. The molecular weight excluding hydrogens is 518 g/mol. The largest absolute Gasteiger partial charge is 0.496 e. The van der Waals surface area contributed by atoms with Crippen LogP contribution in [-0.4, -0.2) is 44.0 Å². The van der Waals surface area contributed by atoms with Crippen LogP contribution in [0.15, 0.2) is 84.9 Å². The van der Waals surface area contributed by atoms with Crippen molar-refractivity contribution < 1.29 is 31.1 Å². The van der Waals surface area contributed by atoms with E-state index in [0.29, 0.717) is 23.4 Å². The van der Waals surface area contributed by atoms with Crippen molar-refractivity contribution in [3.05, 3.63) is 102 Å². The number of nitrogens with zero attached hydrogens (tertiary/aromatic N) is 1. The molecule has 39 heavy (non-hydrogen) atoms. The number of para-hydroxylation sites is 1. The summed E-state index contributed by atoms with van der Waals surface area (Å²) in [4.78, 5) is 1.34. The maximum Gasteiger partial charge on any atom is 0.393 e. The molecule has 3 aromatic carbocycles. The van der Waals surface area contributed by atoms with Crippen LogP contribution >= 0.6 is 0 Å². The van der Waals surface area contributed by atoms with Crippen LogP contribution in [0.1, 0.15) is 22.7 Å². The third kappa shape index (κ3) is 7.33. The molecule has 0 aromatic heterocycles. The summed E-state index contributed by atoms with van der Waals surface area (Å²) in [6.45, 7) is -0.511. The molecule has 3 aromatic rings. The zero-order valence-electron chi connectivity index (χ0n) is 21.6. The molecule has 1 fully saturated rings. The Morgan fingerprint density at radius 3 is 1.82 bits per heavy atom. The maximum absolute atomic E-state index is 14.5. The second kappa shape index (κ2) is 12.4. The number of alkyl halides is 6. The third-order valence-corrected chi connectivity index (χ3v) is 7.50. The van der Waals surface area contributed by atoms with Crippen LogP contribution in [0.5, 0.6) is 5.75 Å². The molecule has 1 N–H and O–H groups in total. The Labute approximate surface area is 224 Å². The molecule has 1 aliphatic heterocycles. The van der Waals surface area contributed by atoms with Gasteiger partial charge in [0.1, 0.15) is 5.75 Å². The third-order valence-electron chi connectivity index (χ3n) is 7.50. The van der Waals surface area contributed by atoms with Gasteiger partial charge in [0.15, 0.2) is 0 Å². The number of hydrogen-bond donors (Lipinski definition) is 1. The highest BCUT2D eigenvalue weighted by Gasteiger charge is 2.58. The van der Waals surface area contributed by atoms with Gasteiger partial charge in [-0.15, -0.1) is 0 Å². The fourth-order valence-electron chi connectivity index (χ4n) is 5.58. The lowest BCUT2D eigenvalue weighted by molar-refractivity contribution is -0.257. The van der Waals surface area contributed by atoms with Crippen LogP contribution in [0.2, 0.25) is 0 Å². The molecule has 4 rings (SSSR count). The first-order chi connectivity index (χ1) is 18.6. The van der Waals surface area contributed by atoms with E-state index >= 15 is 0 Å². The van der Waals surface area contributed by atoms with Crippen molar-refractivity contribution >= 4 is 0 Å². The van der Waals surface area contributed by atoms with Crippen LogP contribution in [0.3, 0.4) is 0 Å². The molecule has 0 amide bonds. The Balaban J connectivity index is 1.69. The lowest BCUT2D eigenvalue weighted by Gasteiger charge is -2.48. The van der Waals surface area contributed by atoms with E-state index in [1.54, 1.807) is 54.6 Å². The van der Waals surface area contributed by atoms with Gasteiger partial charge in [0.05, 0.1) is 25.0 Å². The van der Waals surface area contributed by atoms with Crippen LogP contribution in [-0.2, 0) is 13.0 Å². The van der Waals surface area contributed by atoms with Crippen LogP contribution < -0.4 is 10.1 Å². The number of nitrogens with one attached hydrogen (secondary N) is 1. The molecule has 0 aliphatic carbocycles. The zero-order valence-corrected chi connectivity index (χ0v) is 21.6. The fourth-order valence-corrected chi connectivity index (χ4v) is 5.58. The minimum atomic E-state index is -4.80. The minimum Gasteiger partial charge on any atom is -0.496 e. The number of hydrogen-bond acceptors (Lipinski definition) is 3. The first kappa shape index (κ1) is 29.0. The summed E-state index contributed by atoms with van der Waals surface area (Å²) >= 11 is 0. The summed E-state index contributed by atoms with van der Waals surface area (Å²) in [6, 6.07) is 23.6. The molecule has 0 bridgehead atoms. The highest BCUT2D eigenvalue weighted by molar-refractivity contribution is 5.36. The smallest absolute Gasteiger partial charge is 0.393 e. The van der Waals surface area contributed by atoms with Gasteiger partial charge in [-0.05, 0) is 29.5 Å². The number of likely N-dealkylation sites (tertiary alicyclic amines) is 1. The van der Waals surface area contributed by atoms with E-state index in [2.05, 4.69) is 5.32 Å². The molecule has 3 unspecified atom stereocenters. The second-order valence-electron chi connectivity index (χ2n) is 9.98. The van der Waals surface area contributed by atoms with E-state index < -0.39 is 49.2 Å². The molecule has 9 heteroatoms. The quantitative estimate of drug-likeness (QED) is 0.289. The Bertz CT molecular complexity index is 1150. The van der Waals surface area contributed by atoms with Gasteiger partial charge >= 0.3 is 12.4 Å². The fraction of sp³-hybridized carbons (Fsp3) is 0.400. The first-order valence-corrected chi connectivity index (χ1v) is 12.9. The van der Waals surface area contributed by atoms with E-state index in [4.69, 9.17) is 4.74 Å². The SMILES string of the molecule is COc1ccccc1C(CNCc1ccccc1)N1CC(C(F)(F)F)C(Cc2ccccc2)C(C(F)(F)F)C1.